The largest absolute Gasteiger partial charge is 0.494 e. The molecule has 4 nitrogen and oxygen atoms in total. The van der Waals surface area contributed by atoms with Gasteiger partial charge in [-0.2, -0.15) is 0 Å². The van der Waals surface area contributed by atoms with Crippen molar-refractivity contribution in [3.8, 4) is 5.75 Å². The second-order valence-corrected chi connectivity index (χ2v) is 4.78. The lowest BCUT2D eigenvalue weighted by atomic mass is 10.1. The number of amides is 1. The highest BCUT2D eigenvalue weighted by molar-refractivity contribution is 5.85. The van der Waals surface area contributed by atoms with Crippen molar-refractivity contribution in [2.24, 2.45) is 11.7 Å². The lowest BCUT2D eigenvalue weighted by Gasteiger charge is -2.17. The van der Waals surface area contributed by atoms with E-state index in [1.807, 2.05) is 38.1 Å². The minimum Gasteiger partial charge on any atom is -0.494 e. The van der Waals surface area contributed by atoms with Gasteiger partial charge in [-0.3, -0.25) is 4.79 Å². The molecule has 1 amide bonds. The van der Waals surface area contributed by atoms with Crippen LogP contribution in [0.3, 0.4) is 0 Å². The molecule has 1 aromatic rings. The molecule has 0 fully saturated rings. The van der Waals surface area contributed by atoms with Crippen LogP contribution in [-0.4, -0.2) is 19.1 Å². The van der Waals surface area contributed by atoms with Crippen LogP contribution in [-0.2, 0) is 4.79 Å². The molecule has 114 valence electrons. The lowest BCUT2D eigenvalue weighted by Crippen LogP contribution is -2.34. The normalized spacial score (nSPS) is 13.0. The van der Waals surface area contributed by atoms with E-state index < -0.39 is 0 Å². The van der Waals surface area contributed by atoms with Crippen LogP contribution in [0.25, 0.3) is 0 Å². The minimum absolute atomic E-state index is 0. The second-order valence-electron chi connectivity index (χ2n) is 4.78. The third kappa shape index (κ3) is 5.80. The van der Waals surface area contributed by atoms with Crippen molar-refractivity contribution < 1.29 is 9.53 Å². The lowest BCUT2D eigenvalue weighted by molar-refractivity contribution is -0.124. The van der Waals surface area contributed by atoms with Gasteiger partial charge in [-0.05, 0) is 31.0 Å². The minimum atomic E-state index is -0.158. The Hall–Kier alpha value is -1.26. The summed E-state index contributed by atoms with van der Waals surface area (Å²) >= 11 is 0. The SMILES string of the molecule is CCCOc1ccc(C(C)NC(=O)C(C)CN)cc1.Cl. The zero-order chi connectivity index (χ0) is 14.3. The first-order chi connectivity index (χ1) is 9.08. The standard InChI is InChI=1S/C15H24N2O2.ClH/c1-4-9-19-14-7-5-13(6-8-14)12(3)17-15(18)11(2)10-16;/h5-8,11-12H,4,9-10,16H2,1-3H3,(H,17,18);1H. The molecule has 0 aliphatic carbocycles. The molecule has 0 aromatic heterocycles. The Morgan fingerprint density at radius 3 is 2.40 bits per heavy atom. The Bertz CT molecular complexity index is 395. The summed E-state index contributed by atoms with van der Waals surface area (Å²) in [5.74, 6) is 0.690. The molecule has 2 unspecified atom stereocenters. The molecule has 3 N–H and O–H groups in total. The van der Waals surface area contributed by atoms with E-state index in [1.165, 1.54) is 0 Å². The summed E-state index contributed by atoms with van der Waals surface area (Å²) in [5, 5.41) is 2.95. The van der Waals surface area contributed by atoms with E-state index in [0.29, 0.717) is 6.54 Å². The molecule has 0 saturated heterocycles. The molecular formula is C15H25ClN2O2. The van der Waals surface area contributed by atoms with E-state index in [9.17, 15) is 4.79 Å². The maximum Gasteiger partial charge on any atom is 0.224 e. The molecule has 0 bridgehead atoms. The highest BCUT2D eigenvalue weighted by Crippen LogP contribution is 2.18. The van der Waals surface area contributed by atoms with E-state index in [-0.39, 0.29) is 30.3 Å². The van der Waals surface area contributed by atoms with Gasteiger partial charge in [0.1, 0.15) is 5.75 Å². The first-order valence-corrected chi connectivity index (χ1v) is 6.81. The number of ether oxygens (including phenoxy) is 1. The average molecular weight is 301 g/mol. The summed E-state index contributed by atoms with van der Waals surface area (Å²) in [4.78, 5) is 11.8. The third-order valence-corrected chi connectivity index (χ3v) is 3.01. The van der Waals surface area contributed by atoms with Gasteiger partial charge in [-0.25, -0.2) is 0 Å². The predicted octanol–water partition coefficient (Wildman–Crippen LogP) is 2.67. The molecule has 5 heteroatoms. The van der Waals surface area contributed by atoms with Crippen molar-refractivity contribution in [3.63, 3.8) is 0 Å². The zero-order valence-electron chi connectivity index (χ0n) is 12.4. The van der Waals surface area contributed by atoms with Crippen molar-refractivity contribution in [3.05, 3.63) is 29.8 Å². The highest BCUT2D eigenvalue weighted by Gasteiger charge is 2.14. The van der Waals surface area contributed by atoms with Gasteiger partial charge >= 0.3 is 0 Å². The Morgan fingerprint density at radius 2 is 1.90 bits per heavy atom. The van der Waals surface area contributed by atoms with Crippen LogP contribution in [0.1, 0.15) is 38.8 Å². The van der Waals surface area contributed by atoms with Gasteiger partial charge in [0.25, 0.3) is 0 Å². The first kappa shape index (κ1) is 18.7. The van der Waals surface area contributed by atoms with Gasteiger partial charge in [0, 0.05) is 12.5 Å². The molecule has 1 rings (SSSR count). The zero-order valence-corrected chi connectivity index (χ0v) is 13.2. The molecular weight excluding hydrogens is 276 g/mol. The third-order valence-electron chi connectivity index (χ3n) is 3.01. The molecule has 0 aliphatic rings. The number of halogens is 1. The van der Waals surface area contributed by atoms with Crippen molar-refractivity contribution in [2.75, 3.05) is 13.2 Å². The summed E-state index contributed by atoms with van der Waals surface area (Å²) in [6, 6.07) is 7.79. The van der Waals surface area contributed by atoms with E-state index >= 15 is 0 Å². The fourth-order valence-corrected chi connectivity index (χ4v) is 1.62. The van der Waals surface area contributed by atoms with Gasteiger partial charge < -0.3 is 15.8 Å². The van der Waals surface area contributed by atoms with Crippen LogP contribution in [0, 0.1) is 5.92 Å². The van der Waals surface area contributed by atoms with Crippen LogP contribution in [0.4, 0.5) is 0 Å². The van der Waals surface area contributed by atoms with E-state index in [2.05, 4.69) is 12.2 Å². The van der Waals surface area contributed by atoms with Crippen LogP contribution in [0.2, 0.25) is 0 Å². The Balaban J connectivity index is 0.00000361. The summed E-state index contributed by atoms with van der Waals surface area (Å²) < 4.78 is 5.52. The Morgan fingerprint density at radius 1 is 1.30 bits per heavy atom. The fraction of sp³-hybridized carbons (Fsp3) is 0.533. The van der Waals surface area contributed by atoms with Gasteiger partial charge in [0.15, 0.2) is 0 Å². The van der Waals surface area contributed by atoms with Crippen LogP contribution < -0.4 is 15.8 Å². The number of nitrogens with two attached hydrogens (primary N) is 1. The maximum absolute atomic E-state index is 11.8. The summed E-state index contributed by atoms with van der Waals surface area (Å²) in [6.07, 6.45) is 0.991. The Kier molecular flexibility index (Phi) is 9.01. The number of nitrogens with one attached hydrogen (secondary N) is 1. The van der Waals surface area contributed by atoms with Crippen LogP contribution in [0.15, 0.2) is 24.3 Å². The number of carbonyl (C=O) groups is 1. The van der Waals surface area contributed by atoms with E-state index in [4.69, 9.17) is 10.5 Å². The molecule has 0 heterocycles. The number of hydrogen-bond acceptors (Lipinski definition) is 3. The maximum atomic E-state index is 11.8. The highest BCUT2D eigenvalue weighted by atomic mass is 35.5. The molecule has 0 radical (unpaired) electrons. The smallest absolute Gasteiger partial charge is 0.224 e. The predicted molar refractivity (Wildman–Crippen MR) is 84.3 cm³/mol. The number of benzene rings is 1. The van der Waals surface area contributed by atoms with Crippen molar-refractivity contribution in [2.45, 2.75) is 33.2 Å². The summed E-state index contributed by atoms with van der Waals surface area (Å²) in [6.45, 7) is 6.94. The number of hydrogen-bond donors (Lipinski definition) is 2. The summed E-state index contributed by atoms with van der Waals surface area (Å²) in [5.41, 5.74) is 6.53. The van der Waals surface area contributed by atoms with Crippen molar-refractivity contribution in [1.82, 2.24) is 5.32 Å². The first-order valence-electron chi connectivity index (χ1n) is 6.81. The van der Waals surface area contributed by atoms with Crippen LogP contribution >= 0.6 is 12.4 Å². The topological polar surface area (TPSA) is 64.3 Å². The fourth-order valence-electron chi connectivity index (χ4n) is 1.62. The molecule has 0 aliphatic heterocycles. The van der Waals surface area contributed by atoms with Gasteiger partial charge in [0.05, 0.1) is 12.6 Å². The van der Waals surface area contributed by atoms with E-state index in [1.54, 1.807) is 0 Å². The van der Waals surface area contributed by atoms with Gasteiger partial charge in [0.2, 0.25) is 5.91 Å². The average Bonchev–Trinajstić information content (AvgIpc) is 2.44. The monoisotopic (exact) mass is 300 g/mol. The quantitative estimate of drug-likeness (QED) is 0.813. The molecule has 1 aromatic carbocycles. The molecule has 0 saturated carbocycles. The van der Waals surface area contributed by atoms with Gasteiger partial charge in [-0.1, -0.05) is 26.0 Å². The summed E-state index contributed by atoms with van der Waals surface area (Å²) in [7, 11) is 0. The molecule has 0 spiro atoms. The van der Waals surface area contributed by atoms with Crippen molar-refractivity contribution in [1.29, 1.82) is 0 Å². The molecule has 2 atom stereocenters. The Labute approximate surface area is 127 Å². The van der Waals surface area contributed by atoms with Crippen LogP contribution in [0.5, 0.6) is 5.75 Å². The van der Waals surface area contributed by atoms with Crippen molar-refractivity contribution >= 4 is 18.3 Å². The van der Waals surface area contributed by atoms with E-state index in [0.717, 1.165) is 24.3 Å². The number of rotatable bonds is 7. The second kappa shape index (κ2) is 9.61. The molecule has 20 heavy (non-hydrogen) atoms. The number of carbonyl (C=O) groups excluding carboxylic acids is 1. The van der Waals surface area contributed by atoms with Gasteiger partial charge in [-0.15, -0.1) is 12.4 Å².